The van der Waals surface area contributed by atoms with Crippen molar-refractivity contribution >= 4 is 32.7 Å². The van der Waals surface area contributed by atoms with Crippen LogP contribution in [0.5, 0.6) is 0 Å². The van der Waals surface area contributed by atoms with Gasteiger partial charge in [-0.15, -0.1) is 0 Å². The highest BCUT2D eigenvalue weighted by Crippen LogP contribution is 2.32. The van der Waals surface area contributed by atoms with Crippen molar-refractivity contribution in [2.24, 2.45) is 0 Å². The summed E-state index contributed by atoms with van der Waals surface area (Å²) in [6.45, 7) is 2.07. The Morgan fingerprint density at radius 2 is 1.82 bits per heavy atom. The first-order valence-electron chi connectivity index (χ1n) is 11.6. The molecular weight excluding hydrogens is 509 g/mol. The Bertz CT molecular complexity index is 1750. The van der Waals surface area contributed by atoms with Gasteiger partial charge in [0, 0.05) is 11.8 Å². The molecule has 0 aliphatic rings. The van der Waals surface area contributed by atoms with Crippen LogP contribution in [0.4, 0.5) is 10.1 Å². The average Bonchev–Trinajstić information content (AvgIpc) is 3.37. The normalized spacial score (nSPS) is 11.4. The van der Waals surface area contributed by atoms with Crippen molar-refractivity contribution in [3.05, 3.63) is 89.9 Å². The van der Waals surface area contributed by atoms with Gasteiger partial charge in [0.05, 0.1) is 40.8 Å². The molecule has 192 valence electrons. The lowest BCUT2D eigenvalue weighted by atomic mass is 10.0. The summed E-state index contributed by atoms with van der Waals surface area (Å²) in [6, 6.07) is 17.6. The van der Waals surface area contributed by atoms with Crippen LogP contribution in [-0.4, -0.2) is 41.7 Å². The highest BCUT2D eigenvalue weighted by atomic mass is 32.2. The van der Waals surface area contributed by atoms with Gasteiger partial charge in [0.2, 0.25) is 0 Å². The Balaban J connectivity index is 1.53. The van der Waals surface area contributed by atoms with E-state index < -0.39 is 21.8 Å². The smallest absolute Gasteiger partial charge is 0.338 e. The average molecular weight is 532 g/mol. The maximum atomic E-state index is 13.9. The molecular formula is C27H22FN5O4S. The summed E-state index contributed by atoms with van der Waals surface area (Å²) in [5.74, 6) is -1.28. The minimum absolute atomic E-state index is 0.170. The molecule has 5 rings (SSSR count). The minimum atomic E-state index is -4.09. The van der Waals surface area contributed by atoms with Crippen LogP contribution >= 0.6 is 0 Å². The SMILES string of the molecule is CCc1ccc(-c2[nH]nc3nc(-c4ccc(S(=O)(=O)Nc5ccccc5F)cn4)cc(C(=O)OC)c23)cc1. The Morgan fingerprint density at radius 3 is 2.47 bits per heavy atom. The van der Waals surface area contributed by atoms with Crippen molar-refractivity contribution < 1.29 is 22.3 Å². The number of aryl methyl sites for hydroxylation is 1. The summed E-state index contributed by atoms with van der Waals surface area (Å²) in [5, 5.41) is 7.76. The number of nitrogens with zero attached hydrogens (tertiary/aromatic N) is 3. The van der Waals surface area contributed by atoms with Crippen molar-refractivity contribution in [3.8, 4) is 22.6 Å². The molecule has 0 unspecified atom stereocenters. The zero-order valence-electron chi connectivity index (χ0n) is 20.4. The van der Waals surface area contributed by atoms with E-state index in [1.54, 1.807) is 0 Å². The molecule has 38 heavy (non-hydrogen) atoms. The Kier molecular flexibility index (Phi) is 6.60. The summed E-state index contributed by atoms with van der Waals surface area (Å²) in [6.07, 6.45) is 2.03. The summed E-state index contributed by atoms with van der Waals surface area (Å²) >= 11 is 0. The number of hydrogen-bond acceptors (Lipinski definition) is 7. The number of halogens is 1. The van der Waals surface area contributed by atoms with Crippen molar-refractivity contribution in [2.75, 3.05) is 11.8 Å². The molecule has 11 heteroatoms. The molecule has 9 nitrogen and oxygen atoms in total. The lowest BCUT2D eigenvalue weighted by Gasteiger charge is -2.10. The lowest BCUT2D eigenvalue weighted by Crippen LogP contribution is -2.14. The van der Waals surface area contributed by atoms with Gasteiger partial charge < -0.3 is 4.74 Å². The third kappa shape index (κ3) is 4.71. The number of anilines is 1. The van der Waals surface area contributed by atoms with E-state index in [4.69, 9.17) is 4.74 Å². The van der Waals surface area contributed by atoms with Crippen LogP contribution < -0.4 is 4.72 Å². The summed E-state index contributed by atoms with van der Waals surface area (Å²) in [5.41, 5.74) is 3.56. The third-order valence-corrected chi connectivity index (χ3v) is 7.36. The molecule has 0 bridgehead atoms. The van der Waals surface area contributed by atoms with Crippen molar-refractivity contribution in [1.82, 2.24) is 20.2 Å². The number of carbonyl (C=O) groups is 1. The Labute approximate surface area is 217 Å². The summed E-state index contributed by atoms with van der Waals surface area (Å²) in [4.78, 5) is 21.4. The standard InChI is InChI=1S/C27H22FN5O4S/c1-3-16-8-10-17(11-9-16)25-24-19(27(34)37-2)14-23(30-26(24)32-31-25)22-13-12-18(15-29-22)38(35,36)33-21-7-5-4-6-20(21)28/h4-15,33H,3H2,1-2H3,(H,30,31,32). The highest BCUT2D eigenvalue weighted by molar-refractivity contribution is 7.92. The number of hydrogen-bond donors (Lipinski definition) is 2. The van der Waals surface area contributed by atoms with Crippen LogP contribution in [-0.2, 0) is 21.2 Å². The summed E-state index contributed by atoms with van der Waals surface area (Å²) in [7, 11) is -2.81. The summed E-state index contributed by atoms with van der Waals surface area (Å²) < 4.78 is 46.6. The molecule has 0 fully saturated rings. The van der Waals surface area contributed by atoms with Gasteiger partial charge in [-0.25, -0.2) is 22.6 Å². The number of aromatic amines is 1. The van der Waals surface area contributed by atoms with E-state index in [-0.39, 0.29) is 21.8 Å². The zero-order chi connectivity index (χ0) is 26.9. The fraction of sp³-hybridized carbons (Fsp3) is 0.111. The van der Waals surface area contributed by atoms with Crippen LogP contribution in [0.25, 0.3) is 33.7 Å². The number of fused-ring (bicyclic) bond motifs is 1. The van der Waals surface area contributed by atoms with E-state index in [1.807, 2.05) is 24.3 Å². The van der Waals surface area contributed by atoms with Gasteiger partial charge >= 0.3 is 5.97 Å². The quantitative estimate of drug-likeness (QED) is 0.284. The van der Waals surface area contributed by atoms with Crippen molar-refractivity contribution in [1.29, 1.82) is 0 Å². The number of benzene rings is 2. The highest BCUT2D eigenvalue weighted by Gasteiger charge is 2.22. The number of esters is 1. The van der Waals surface area contributed by atoms with E-state index in [9.17, 15) is 17.6 Å². The van der Waals surface area contributed by atoms with Crippen LogP contribution in [0.2, 0.25) is 0 Å². The van der Waals surface area contributed by atoms with E-state index in [0.717, 1.165) is 24.2 Å². The van der Waals surface area contributed by atoms with Crippen LogP contribution in [0.3, 0.4) is 0 Å². The predicted octanol–water partition coefficient (Wildman–Crippen LogP) is 4.98. The van der Waals surface area contributed by atoms with Crippen LogP contribution in [0.1, 0.15) is 22.8 Å². The maximum Gasteiger partial charge on any atom is 0.338 e. The van der Waals surface area contributed by atoms with Crippen LogP contribution in [0, 0.1) is 5.82 Å². The molecule has 0 atom stereocenters. The molecule has 0 spiro atoms. The fourth-order valence-electron chi connectivity index (χ4n) is 3.98. The number of ether oxygens (including phenoxy) is 1. The third-order valence-electron chi connectivity index (χ3n) is 6.01. The van der Waals surface area contributed by atoms with Gasteiger partial charge in [0.1, 0.15) is 10.7 Å². The number of pyridine rings is 2. The largest absolute Gasteiger partial charge is 0.465 e. The molecule has 0 saturated heterocycles. The molecule has 0 amide bonds. The number of para-hydroxylation sites is 1. The number of aromatic nitrogens is 4. The zero-order valence-corrected chi connectivity index (χ0v) is 21.2. The molecule has 2 aromatic carbocycles. The Morgan fingerprint density at radius 1 is 1.05 bits per heavy atom. The minimum Gasteiger partial charge on any atom is -0.465 e. The number of carbonyl (C=O) groups excluding carboxylic acids is 1. The number of H-pyrrole nitrogens is 1. The number of nitrogens with one attached hydrogen (secondary N) is 2. The van der Waals surface area contributed by atoms with Gasteiger partial charge in [0.25, 0.3) is 10.0 Å². The first-order chi connectivity index (χ1) is 18.3. The number of rotatable bonds is 7. The topological polar surface area (TPSA) is 127 Å². The maximum absolute atomic E-state index is 13.9. The predicted molar refractivity (Wildman–Crippen MR) is 140 cm³/mol. The van der Waals surface area contributed by atoms with Crippen molar-refractivity contribution in [3.63, 3.8) is 0 Å². The van der Waals surface area contributed by atoms with Gasteiger partial charge in [0.15, 0.2) is 5.65 Å². The molecule has 5 aromatic rings. The number of methoxy groups -OCH3 is 1. The van der Waals surface area contributed by atoms with Gasteiger partial charge in [-0.1, -0.05) is 43.3 Å². The Hall–Kier alpha value is -4.64. The second kappa shape index (κ2) is 10.0. The van der Waals surface area contributed by atoms with E-state index in [1.165, 1.54) is 49.1 Å². The van der Waals surface area contributed by atoms with Gasteiger partial charge in [-0.3, -0.25) is 14.8 Å². The van der Waals surface area contributed by atoms with Crippen LogP contribution in [0.15, 0.2) is 77.8 Å². The second-order valence-corrected chi connectivity index (χ2v) is 10.0. The second-order valence-electron chi connectivity index (χ2n) is 8.36. The molecule has 0 aliphatic heterocycles. The molecule has 3 heterocycles. The van der Waals surface area contributed by atoms with E-state index in [2.05, 4.69) is 31.8 Å². The molecule has 2 N–H and O–H groups in total. The number of sulfonamides is 1. The van der Waals surface area contributed by atoms with Crippen molar-refractivity contribution in [2.45, 2.75) is 18.2 Å². The fourth-order valence-corrected chi connectivity index (χ4v) is 4.99. The van der Waals surface area contributed by atoms with E-state index in [0.29, 0.717) is 22.5 Å². The molecule has 3 aromatic heterocycles. The molecule has 0 saturated carbocycles. The monoisotopic (exact) mass is 531 g/mol. The lowest BCUT2D eigenvalue weighted by molar-refractivity contribution is 0.0603. The van der Waals surface area contributed by atoms with Gasteiger partial charge in [-0.2, -0.15) is 5.10 Å². The van der Waals surface area contributed by atoms with E-state index >= 15 is 0 Å². The molecule has 0 aliphatic carbocycles. The first-order valence-corrected chi connectivity index (χ1v) is 13.1. The molecule has 0 radical (unpaired) electrons. The van der Waals surface area contributed by atoms with Gasteiger partial charge in [-0.05, 0) is 42.3 Å². The first kappa shape index (κ1) is 25.0.